The van der Waals surface area contributed by atoms with Crippen LogP contribution in [0, 0.1) is 6.92 Å². The summed E-state index contributed by atoms with van der Waals surface area (Å²) in [5.74, 6) is -0.137. The van der Waals surface area contributed by atoms with Crippen LogP contribution in [0.15, 0.2) is 12.1 Å². The van der Waals surface area contributed by atoms with Crippen LogP contribution in [0.1, 0.15) is 34.6 Å². The zero-order valence-corrected chi connectivity index (χ0v) is 12.8. The summed E-state index contributed by atoms with van der Waals surface area (Å²) in [5, 5.41) is 3.78. The van der Waals surface area contributed by atoms with Crippen molar-refractivity contribution in [1.29, 1.82) is 0 Å². The standard InChI is InChI=1S/C15H19N3O2S/c1-9-5-6-11-12(16)13(21-15(11)18-9)14(19)17-8-10-4-2-3-7-20-10/h5-6,10H,2-4,7-8,16H2,1H3,(H,17,19). The predicted molar refractivity (Wildman–Crippen MR) is 84.7 cm³/mol. The lowest BCUT2D eigenvalue weighted by atomic mass is 10.1. The van der Waals surface area contributed by atoms with Gasteiger partial charge in [-0.2, -0.15) is 0 Å². The van der Waals surface area contributed by atoms with Crippen molar-refractivity contribution < 1.29 is 9.53 Å². The third-order valence-electron chi connectivity index (χ3n) is 3.70. The van der Waals surface area contributed by atoms with Gasteiger partial charge in [-0.05, 0) is 38.3 Å². The number of carbonyl (C=O) groups is 1. The lowest BCUT2D eigenvalue weighted by molar-refractivity contribution is 0.0169. The van der Waals surface area contributed by atoms with Gasteiger partial charge in [0.1, 0.15) is 9.71 Å². The van der Waals surface area contributed by atoms with Gasteiger partial charge in [0.05, 0.1) is 11.8 Å². The molecular weight excluding hydrogens is 286 g/mol. The Kier molecular flexibility index (Phi) is 4.07. The number of aromatic nitrogens is 1. The molecule has 0 aromatic carbocycles. The number of aryl methyl sites for hydroxylation is 1. The van der Waals surface area contributed by atoms with Gasteiger partial charge < -0.3 is 15.8 Å². The van der Waals surface area contributed by atoms with Gasteiger partial charge >= 0.3 is 0 Å². The summed E-state index contributed by atoms with van der Waals surface area (Å²) < 4.78 is 5.61. The van der Waals surface area contributed by atoms with Gasteiger partial charge in [0, 0.05) is 24.2 Å². The van der Waals surface area contributed by atoms with Crippen LogP contribution in [-0.2, 0) is 4.74 Å². The highest BCUT2D eigenvalue weighted by atomic mass is 32.1. The molecule has 1 atom stereocenters. The first-order valence-electron chi connectivity index (χ1n) is 7.20. The molecule has 1 amide bonds. The first kappa shape index (κ1) is 14.3. The predicted octanol–water partition coefficient (Wildman–Crippen LogP) is 2.49. The number of pyridine rings is 1. The number of hydrogen-bond acceptors (Lipinski definition) is 5. The van der Waals surface area contributed by atoms with E-state index < -0.39 is 0 Å². The van der Waals surface area contributed by atoms with Gasteiger partial charge in [-0.15, -0.1) is 11.3 Å². The number of nitrogen functional groups attached to an aromatic ring is 1. The third-order valence-corrected chi connectivity index (χ3v) is 4.82. The average molecular weight is 305 g/mol. The van der Waals surface area contributed by atoms with Crippen molar-refractivity contribution in [2.45, 2.75) is 32.3 Å². The molecular formula is C15H19N3O2S. The van der Waals surface area contributed by atoms with Crippen molar-refractivity contribution in [3.63, 3.8) is 0 Å². The van der Waals surface area contributed by atoms with E-state index in [0.717, 1.165) is 41.8 Å². The number of thiophene rings is 1. The van der Waals surface area contributed by atoms with Crippen LogP contribution in [0.25, 0.3) is 10.2 Å². The number of nitrogens with one attached hydrogen (secondary N) is 1. The Labute approximate surface area is 127 Å². The second-order valence-corrected chi connectivity index (χ2v) is 6.35. The second-order valence-electron chi connectivity index (χ2n) is 5.35. The van der Waals surface area contributed by atoms with Gasteiger partial charge in [0.2, 0.25) is 0 Å². The summed E-state index contributed by atoms with van der Waals surface area (Å²) in [6.45, 7) is 3.25. The van der Waals surface area contributed by atoms with E-state index in [4.69, 9.17) is 10.5 Å². The van der Waals surface area contributed by atoms with E-state index in [1.165, 1.54) is 11.3 Å². The van der Waals surface area contributed by atoms with Crippen LogP contribution in [0.3, 0.4) is 0 Å². The normalized spacial score (nSPS) is 18.8. The van der Waals surface area contributed by atoms with Crippen LogP contribution in [0.2, 0.25) is 0 Å². The molecule has 1 aliphatic heterocycles. The zero-order chi connectivity index (χ0) is 14.8. The zero-order valence-electron chi connectivity index (χ0n) is 12.0. The number of anilines is 1. The number of nitrogens with zero attached hydrogens (tertiary/aromatic N) is 1. The van der Waals surface area contributed by atoms with Crippen LogP contribution in [0.5, 0.6) is 0 Å². The molecule has 21 heavy (non-hydrogen) atoms. The SMILES string of the molecule is Cc1ccc2c(N)c(C(=O)NCC3CCCCO3)sc2n1. The first-order chi connectivity index (χ1) is 10.1. The highest BCUT2D eigenvalue weighted by molar-refractivity contribution is 7.21. The highest BCUT2D eigenvalue weighted by Gasteiger charge is 2.19. The van der Waals surface area contributed by atoms with Gasteiger partial charge in [-0.3, -0.25) is 4.79 Å². The fourth-order valence-corrected chi connectivity index (χ4v) is 3.57. The largest absolute Gasteiger partial charge is 0.397 e. The smallest absolute Gasteiger partial charge is 0.263 e. The Balaban J connectivity index is 1.73. The molecule has 1 aliphatic rings. The minimum Gasteiger partial charge on any atom is -0.397 e. The molecule has 3 heterocycles. The molecule has 1 unspecified atom stereocenters. The summed E-state index contributed by atoms with van der Waals surface area (Å²) >= 11 is 1.34. The van der Waals surface area contributed by atoms with E-state index in [9.17, 15) is 4.79 Å². The lowest BCUT2D eigenvalue weighted by Gasteiger charge is -2.22. The fourth-order valence-electron chi connectivity index (χ4n) is 2.51. The van der Waals surface area contributed by atoms with Gasteiger partial charge in [-0.1, -0.05) is 0 Å². The molecule has 1 fully saturated rings. The molecule has 3 rings (SSSR count). The summed E-state index contributed by atoms with van der Waals surface area (Å²) in [6.07, 6.45) is 3.40. The third kappa shape index (κ3) is 3.01. The average Bonchev–Trinajstić information content (AvgIpc) is 2.82. The molecule has 2 aromatic heterocycles. The molecule has 0 saturated carbocycles. The molecule has 112 valence electrons. The molecule has 2 aromatic rings. The number of carbonyl (C=O) groups excluding carboxylic acids is 1. The Morgan fingerprint density at radius 2 is 2.38 bits per heavy atom. The van der Waals surface area contributed by atoms with Crippen LogP contribution in [-0.4, -0.2) is 30.1 Å². The maximum atomic E-state index is 12.3. The van der Waals surface area contributed by atoms with E-state index >= 15 is 0 Å². The number of amides is 1. The monoisotopic (exact) mass is 305 g/mol. The summed E-state index contributed by atoms with van der Waals surface area (Å²) in [6, 6.07) is 3.83. The highest BCUT2D eigenvalue weighted by Crippen LogP contribution is 2.32. The van der Waals surface area contributed by atoms with Crippen LogP contribution in [0.4, 0.5) is 5.69 Å². The molecule has 1 saturated heterocycles. The summed E-state index contributed by atoms with van der Waals surface area (Å²) in [5.41, 5.74) is 7.52. The lowest BCUT2D eigenvalue weighted by Crippen LogP contribution is -2.35. The van der Waals surface area contributed by atoms with Gasteiger partial charge in [0.25, 0.3) is 5.91 Å². The molecule has 0 aliphatic carbocycles. The van der Waals surface area contributed by atoms with E-state index in [1.807, 2.05) is 19.1 Å². The quantitative estimate of drug-likeness (QED) is 0.913. The van der Waals surface area contributed by atoms with E-state index in [-0.39, 0.29) is 12.0 Å². The van der Waals surface area contributed by atoms with E-state index in [2.05, 4.69) is 10.3 Å². The van der Waals surface area contributed by atoms with Gasteiger partial charge in [0.15, 0.2) is 0 Å². The number of rotatable bonds is 3. The minimum absolute atomic E-state index is 0.124. The molecule has 0 bridgehead atoms. The van der Waals surface area contributed by atoms with Crippen molar-refractivity contribution in [3.05, 3.63) is 22.7 Å². The van der Waals surface area contributed by atoms with Crippen molar-refractivity contribution in [3.8, 4) is 0 Å². The molecule has 0 spiro atoms. The molecule has 0 radical (unpaired) electrons. The number of hydrogen-bond donors (Lipinski definition) is 2. The topological polar surface area (TPSA) is 77.2 Å². The van der Waals surface area contributed by atoms with Crippen molar-refractivity contribution in [2.24, 2.45) is 0 Å². The fraction of sp³-hybridized carbons (Fsp3) is 0.467. The van der Waals surface area contributed by atoms with Crippen LogP contribution < -0.4 is 11.1 Å². The first-order valence-corrected chi connectivity index (χ1v) is 8.02. The van der Waals surface area contributed by atoms with Gasteiger partial charge in [-0.25, -0.2) is 4.98 Å². The Morgan fingerprint density at radius 1 is 1.52 bits per heavy atom. The van der Waals surface area contributed by atoms with Crippen LogP contribution >= 0.6 is 11.3 Å². The summed E-state index contributed by atoms with van der Waals surface area (Å²) in [4.78, 5) is 18.1. The number of fused-ring (bicyclic) bond motifs is 1. The Bertz CT molecular complexity index is 662. The number of ether oxygens (including phenoxy) is 1. The molecule has 3 N–H and O–H groups in total. The maximum Gasteiger partial charge on any atom is 0.263 e. The van der Waals surface area contributed by atoms with Crippen molar-refractivity contribution in [2.75, 3.05) is 18.9 Å². The maximum absolute atomic E-state index is 12.3. The van der Waals surface area contributed by atoms with Crippen molar-refractivity contribution >= 4 is 33.1 Å². The summed E-state index contributed by atoms with van der Waals surface area (Å²) in [7, 11) is 0. The Morgan fingerprint density at radius 3 is 3.14 bits per heavy atom. The minimum atomic E-state index is -0.137. The molecule has 6 heteroatoms. The second kappa shape index (κ2) is 5.99. The molecule has 5 nitrogen and oxygen atoms in total. The number of nitrogens with two attached hydrogens (primary N) is 1. The van der Waals surface area contributed by atoms with Crippen molar-refractivity contribution in [1.82, 2.24) is 10.3 Å². The van der Waals surface area contributed by atoms with E-state index in [0.29, 0.717) is 17.1 Å². The Hall–Kier alpha value is -1.66. The van der Waals surface area contributed by atoms with E-state index in [1.54, 1.807) is 0 Å².